The van der Waals surface area contributed by atoms with Crippen molar-refractivity contribution in [2.75, 3.05) is 13.2 Å². The highest BCUT2D eigenvalue weighted by atomic mass is 32.2. The van der Waals surface area contributed by atoms with E-state index < -0.39 is 11.1 Å². The fraction of sp³-hybridized carbons (Fsp3) is 0.318. The number of halogens is 1. The van der Waals surface area contributed by atoms with Gasteiger partial charge < -0.3 is 10.1 Å². The van der Waals surface area contributed by atoms with Crippen molar-refractivity contribution in [1.82, 2.24) is 14.9 Å². The Morgan fingerprint density at radius 2 is 2.07 bits per heavy atom. The second-order valence-corrected chi connectivity index (χ2v) is 8.45. The quantitative estimate of drug-likeness (QED) is 0.483. The average Bonchev–Trinajstić information content (AvgIpc) is 3.27. The number of carbonyl (C=O) groups is 1. The van der Waals surface area contributed by atoms with Crippen LogP contribution in [0.5, 0.6) is 0 Å². The third-order valence-electron chi connectivity index (χ3n) is 5.02. The van der Waals surface area contributed by atoms with Crippen LogP contribution in [0.2, 0.25) is 0 Å². The number of carbonyl (C=O) groups excluding carboxylic acids is 1. The number of para-hydroxylation sites is 2. The van der Waals surface area contributed by atoms with Gasteiger partial charge in [-0.3, -0.25) is 14.2 Å². The first-order valence-electron chi connectivity index (χ1n) is 9.87. The van der Waals surface area contributed by atoms with Crippen LogP contribution in [0, 0.1) is 5.82 Å². The summed E-state index contributed by atoms with van der Waals surface area (Å²) in [4.78, 5) is 30.3. The largest absolute Gasteiger partial charge is 0.376 e. The van der Waals surface area contributed by atoms with Gasteiger partial charge in [0, 0.05) is 13.2 Å². The molecular weight excluding hydrogens is 405 g/mol. The molecule has 0 saturated carbocycles. The van der Waals surface area contributed by atoms with E-state index in [-0.39, 0.29) is 28.4 Å². The molecule has 0 aliphatic carbocycles. The summed E-state index contributed by atoms with van der Waals surface area (Å²) >= 11 is 1.13. The summed E-state index contributed by atoms with van der Waals surface area (Å²) in [6, 6.07) is 13.0. The van der Waals surface area contributed by atoms with Crippen LogP contribution in [0.4, 0.5) is 4.39 Å². The van der Waals surface area contributed by atoms with Crippen LogP contribution in [0.1, 0.15) is 19.8 Å². The van der Waals surface area contributed by atoms with Gasteiger partial charge in [-0.1, -0.05) is 36.0 Å². The van der Waals surface area contributed by atoms with Gasteiger partial charge in [-0.05, 0) is 44.0 Å². The van der Waals surface area contributed by atoms with Crippen molar-refractivity contribution in [3.8, 4) is 5.69 Å². The van der Waals surface area contributed by atoms with E-state index >= 15 is 0 Å². The number of benzene rings is 2. The number of hydrogen-bond donors (Lipinski definition) is 1. The monoisotopic (exact) mass is 427 g/mol. The van der Waals surface area contributed by atoms with Crippen molar-refractivity contribution in [2.45, 2.75) is 36.3 Å². The van der Waals surface area contributed by atoms with E-state index in [0.717, 1.165) is 31.2 Å². The molecule has 1 aromatic heterocycles. The van der Waals surface area contributed by atoms with Crippen LogP contribution in [-0.2, 0) is 9.53 Å². The summed E-state index contributed by atoms with van der Waals surface area (Å²) in [6.07, 6.45) is 1.98. The second kappa shape index (κ2) is 8.97. The van der Waals surface area contributed by atoms with Crippen molar-refractivity contribution in [2.24, 2.45) is 0 Å². The third-order valence-corrected chi connectivity index (χ3v) is 6.07. The molecule has 2 atom stereocenters. The normalized spacial score (nSPS) is 17.2. The molecule has 1 fully saturated rings. The van der Waals surface area contributed by atoms with Crippen molar-refractivity contribution in [3.05, 3.63) is 64.7 Å². The molecule has 2 aromatic carbocycles. The van der Waals surface area contributed by atoms with E-state index in [4.69, 9.17) is 4.74 Å². The van der Waals surface area contributed by atoms with Crippen molar-refractivity contribution >= 4 is 28.6 Å². The maximum Gasteiger partial charge on any atom is 0.266 e. The maximum absolute atomic E-state index is 14.5. The number of nitrogens with one attached hydrogen (secondary N) is 1. The topological polar surface area (TPSA) is 73.2 Å². The van der Waals surface area contributed by atoms with E-state index in [2.05, 4.69) is 10.3 Å². The molecule has 8 heteroatoms. The minimum atomic E-state index is -0.533. The minimum Gasteiger partial charge on any atom is -0.376 e. The van der Waals surface area contributed by atoms with Crippen LogP contribution in [0.25, 0.3) is 16.6 Å². The van der Waals surface area contributed by atoms with Crippen LogP contribution >= 0.6 is 11.8 Å². The summed E-state index contributed by atoms with van der Waals surface area (Å²) in [5, 5.41) is 3.02. The zero-order valence-electron chi connectivity index (χ0n) is 16.5. The van der Waals surface area contributed by atoms with E-state index in [9.17, 15) is 14.0 Å². The van der Waals surface area contributed by atoms with Gasteiger partial charge in [-0.2, -0.15) is 0 Å². The Hall–Kier alpha value is -2.71. The Labute approximate surface area is 177 Å². The SMILES string of the molecule is C[C@@H](Sc1nc2ccccc2c(=O)n1-c1ccccc1F)C(=O)NC[C@H]1CCCO1. The molecule has 1 N–H and O–H groups in total. The molecule has 156 valence electrons. The van der Waals surface area contributed by atoms with Gasteiger partial charge >= 0.3 is 0 Å². The Morgan fingerprint density at radius 1 is 1.30 bits per heavy atom. The maximum atomic E-state index is 14.5. The highest BCUT2D eigenvalue weighted by molar-refractivity contribution is 8.00. The number of thioether (sulfide) groups is 1. The predicted molar refractivity (Wildman–Crippen MR) is 115 cm³/mol. The zero-order chi connectivity index (χ0) is 21.1. The van der Waals surface area contributed by atoms with Gasteiger partial charge in [0.2, 0.25) is 5.91 Å². The molecule has 2 heterocycles. The highest BCUT2D eigenvalue weighted by Gasteiger charge is 2.23. The van der Waals surface area contributed by atoms with E-state index in [1.807, 2.05) is 0 Å². The molecule has 1 amide bonds. The lowest BCUT2D eigenvalue weighted by atomic mass is 10.2. The Bertz CT molecular complexity index is 1130. The third kappa shape index (κ3) is 4.24. The van der Waals surface area contributed by atoms with Gasteiger partial charge in [0.15, 0.2) is 5.16 Å². The van der Waals surface area contributed by atoms with Crippen LogP contribution in [0.3, 0.4) is 0 Å². The zero-order valence-corrected chi connectivity index (χ0v) is 17.3. The molecule has 3 aromatic rings. The highest BCUT2D eigenvalue weighted by Crippen LogP contribution is 2.26. The number of ether oxygens (including phenoxy) is 1. The molecule has 1 aliphatic heterocycles. The molecule has 6 nitrogen and oxygen atoms in total. The molecule has 4 rings (SSSR count). The number of nitrogens with zero attached hydrogens (tertiary/aromatic N) is 2. The number of hydrogen-bond acceptors (Lipinski definition) is 5. The summed E-state index contributed by atoms with van der Waals surface area (Å²) in [5.41, 5.74) is 0.236. The summed E-state index contributed by atoms with van der Waals surface area (Å²) in [6.45, 7) is 2.91. The lowest BCUT2D eigenvalue weighted by Crippen LogP contribution is -2.37. The minimum absolute atomic E-state index is 0.0431. The van der Waals surface area contributed by atoms with Gasteiger partial charge in [0.05, 0.1) is 27.9 Å². The van der Waals surface area contributed by atoms with Crippen LogP contribution < -0.4 is 10.9 Å². The van der Waals surface area contributed by atoms with Gasteiger partial charge in [-0.25, -0.2) is 9.37 Å². The van der Waals surface area contributed by atoms with Crippen LogP contribution in [0.15, 0.2) is 58.5 Å². The molecule has 1 aliphatic rings. The van der Waals surface area contributed by atoms with Gasteiger partial charge in [-0.15, -0.1) is 0 Å². The van der Waals surface area contributed by atoms with E-state index in [1.165, 1.54) is 16.7 Å². The van der Waals surface area contributed by atoms with Crippen molar-refractivity contribution < 1.29 is 13.9 Å². The lowest BCUT2D eigenvalue weighted by Gasteiger charge is -2.17. The predicted octanol–water partition coefficient (Wildman–Crippen LogP) is 3.30. The first-order chi connectivity index (χ1) is 14.5. The fourth-order valence-electron chi connectivity index (χ4n) is 3.41. The first-order valence-corrected chi connectivity index (χ1v) is 10.7. The lowest BCUT2D eigenvalue weighted by molar-refractivity contribution is -0.120. The number of amides is 1. The Morgan fingerprint density at radius 3 is 2.83 bits per heavy atom. The molecular formula is C22H22FN3O3S. The molecule has 0 unspecified atom stereocenters. The van der Waals surface area contributed by atoms with Crippen molar-refractivity contribution in [3.63, 3.8) is 0 Å². The van der Waals surface area contributed by atoms with Gasteiger partial charge in [0.25, 0.3) is 5.56 Å². The summed E-state index contributed by atoms with van der Waals surface area (Å²) < 4.78 is 21.3. The molecule has 30 heavy (non-hydrogen) atoms. The Kier molecular flexibility index (Phi) is 6.15. The molecule has 0 radical (unpaired) electrons. The van der Waals surface area contributed by atoms with Crippen LogP contribution in [-0.4, -0.2) is 40.0 Å². The molecule has 1 saturated heterocycles. The van der Waals surface area contributed by atoms with Crippen molar-refractivity contribution in [1.29, 1.82) is 0 Å². The standard InChI is InChI=1S/C22H22FN3O3S/c1-14(20(27)24-13-15-7-6-12-29-15)30-22-25-18-10-4-2-8-16(18)21(28)26(22)19-11-5-3-9-17(19)23/h2-5,8-11,14-15H,6-7,12-13H2,1H3,(H,24,27)/t14-,15-/m1/s1. The van der Waals surface area contributed by atoms with E-state index in [1.54, 1.807) is 43.3 Å². The average molecular weight is 428 g/mol. The molecule has 0 spiro atoms. The summed E-state index contributed by atoms with van der Waals surface area (Å²) in [5.74, 6) is -0.716. The number of fused-ring (bicyclic) bond motifs is 1. The number of rotatable bonds is 6. The number of aromatic nitrogens is 2. The summed E-state index contributed by atoms with van der Waals surface area (Å²) in [7, 11) is 0. The first kappa shape index (κ1) is 20.6. The second-order valence-electron chi connectivity index (χ2n) is 7.14. The molecule has 0 bridgehead atoms. The smallest absolute Gasteiger partial charge is 0.266 e. The fourth-order valence-corrected chi connectivity index (χ4v) is 4.36. The Balaban J connectivity index is 1.67. The van der Waals surface area contributed by atoms with E-state index in [0.29, 0.717) is 17.4 Å². The van der Waals surface area contributed by atoms with Gasteiger partial charge in [0.1, 0.15) is 5.82 Å².